The molecule has 1 unspecified atom stereocenters. The van der Waals surface area contributed by atoms with E-state index in [0.29, 0.717) is 19.0 Å². The van der Waals surface area contributed by atoms with Gasteiger partial charge in [0.05, 0.1) is 13.1 Å². The van der Waals surface area contributed by atoms with Crippen molar-refractivity contribution >= 4 is 17.3 Å². The summed E-state index contributed by atoms with van der Waals surface area (Å²) < 4.78 is 1.82. The van der Waals surface area contributed by atoms with Gasteiger partial charge in [-0.1, -0.05) is 31.2 Å². The Bertz CT molecular complexity index is 826. The van der Waals surface area contributed by atoms with Crippen molar-refractivity contribution in [3.05, 3.63) is 70.4 Å². The summed E-state index contributed by atoms with van der Waals surface area (Å²) in [5.41, 5.74) is 3.73. The molecule has 1 atom stereocenters. The van der Waals surface area contributed by atoms with Gasteiger partial charge in [0.2, 0.25) is 0 Å². The molecule has 7 heteroatoms. The second-order valence-corrected chi connectivity index (χ2v) is 7.23. The monoisotopic (exact) mass is 382 g/mol. The lowest BCUT2D eigenvalue weighted by Crippen LogP contribution is -2.39. The standard InChI is InChI=1S/C20H26N6S/c1-3-22-20(23-10-16(2)19-7-8-27-13-19)24-11-17-5-4-6-18(9-17)12-26-15-21-14-25-26/h4-9,13-16H,3,10-12H2,1-2H3,(H2,22,23,24). The fraction of sp³-hybridized carbons (Fsp3) is 0.350. The molecule has 6 nitrogen and oxygen atoms in total. The minimum atomic E-state index is 0.450. The number of rotatable bonds is 8. The van der Waals surface area contributed by atoms with E-state index in [9.17, 15) is 0 Å². The van der Waals surface area contributed by atoms with Crippen molar-refractivity contribution in [3.63, 3.8) is 0 Å². The van der Waals surface area contributed by atoms with Crippen LogP contribution in [0.3, 0.4) is 0 Å². The Morgan fingerprint density at radius 1 is 1.26 bits per heavy atom. The van der Waals surface area contributed by atoms with Crippen LogP contribution in [0.1, 0.15) is 36.5 Å². The first-order valence-corrected chi connectivity index (χ1v) is 10.1. The fourth-order valence-corrected chi connectivity index (χ4v) is 3.55. The number of guanidine groups is 1. The summed E-state index contributed by atoms with van der Waals surface area (Å²) in [4.78, 5) is 8.73. The highest BCUT2D eigenvalue weighted by molar-refractivity contribution is 7.07. The quantitative estimate of drug-likeness (QED) is 0.464. The zero-order valence-corrected chi connectivity index (χ0v) is 16.6. The number of aromatic nitrogens is 3. The molecule has 0 spiro atoms. The van der Waals surface area contributed by atoms with Crippen LogP contribution < -0.4 is 10.6 Å². The summed E-state index contributed by atoms with van der Waals surface area (Å²) in [6.07, 6.45) is 3.28. The van der Waals surface area contributed by atoms with Crippen molar-refractivity contribution < 1.29 is 0 Å². The molecule has 3 aromatic rings. The van der Waals surface area contributed by atoms with Crippen LogP contribution >= 0.6 is 11.3 Å². The third kappa shape index (κ3) is 5.92. The van der Waals surface area contributed by atoms with Gasteiger partial charge >= 0.3 is 0 Å². The average molecular weight is 383 g/mol. The molecule has 0 aliphatic carbocycles. The molecule has 142 valence electrons. The van der Waals surface area contributed by atoms with E-state index in [-0.39, 0.29) is 0 Å². The van der Waals surface area contributed by atoms with Crippen molar-refractivity contribution in [1.29, 1.82) is 0 Å². The van der Waals surface area contributed by atoms with E-state index < -0.39 is 0 Å². The molecular weight excluding hydrogens is 356 g/mol. The Hall–Kier alpha value is -2.67. The van der Waals surface area contributed by atoms with Gasteiger partial charge in [0.25, 0.3) is 0 Å². The minimum absolute atomic E-state index is 0.450. The normalized spacial score (nSPS) is 12.7. The Morgan fingerprint density at radius 3 is 2.89 bits per heavy atom. The van der Waals surface area contributed by atoms with Gasteiger partial charge in [0.1, 0.15) is 12.7 Å². The van der Waals surface area contributed by atoms with Crippen molar-refractivity contribution in [2.75, 3.05) is 13.1 Å². The lowest BCUT2D eigenvalue weighted by Gasteiger charge is -2.15. The predicted molar refractivity (Wildman–Crippen MR) is 111 cm³/mol. The summed E-state index contributed by atoms with van der Waals surface area (Å²) in [5.74, 6) is 1.30. The molecule has 2 aromatic heterocycles. The van der Waals surface area contributed by atoms with Crippen molar-refractivity contribution in [1.82, 2.24) is 25.4 Å². The molecule has 0 saturated heterocycles. The molecule has 3 rings (SSSR count). The third-order valence-corrected chi connectivity index (χ3v) is 4.96. The van der Waals surface area contributed by atoms with Crippen LogP contribution in [0.25, 0.3) is 0 Å². The summed E-state index contributed by atoms with van der Waals surface area (Å²) in [6.45, 7) is 7.35. The fourth-order valence-electron chi connectivity index (χ4n) is 2.76. The molecule has 0 bridgehead atoms. The number of aliphatic imine (C=N–C) groups is 1. The SMILES string of the molecule is CCNC(=NCc1cccc(Cn2cncn2)c1)NCC(C)c1ccsc1. The van der Waals surface area contributed by atoms with Gasteiger partial charge in [0, 0.05) is 13.1 Å². The van der Waals surface area contributed by atoms with Gasteiger partial charge in [-0.2, -0.15) is 16.4 Å². The lowest BCUT2D eigenvalue weighted by molar-refractivity contribution is 0.684. The molecule has 0 saturated carbocycles. The number of hydrogen-bond acceptors (Lipinski definition) is 4. The molecule has 27 heavy (non-hydrogen) atoms. The Balaban J connectivity index is 1.59. The Labute approximate surface area is 164 Å². The summed E-state index contributed by atoms with van der Waals surface area (Å²) in [5, 5.41) is 15.3. The number of benzene rings is 1. The summed E-state index contributed by atoms with van der Waals surface area (Å²) in [6, 6.07) is 10.6. The van der Waals surface area contributed by atoms with Crippen molar-refractivity contribution in [2.24, 2.45) is 4.99 Å². The minimum Gasteiger partial charge on any atom is -0.357 e. The van der Waals surface area contributed by atoms with Gasteiger partial charge in [-0.15, -0.1) is 0 Å². The molecule has 2 heterocycles. The van der Waals surface area contributed by atoms with E-state index in [1.165, 1.54) is 16.7 Å². The van der Waals surface area contributed by atoms with Gasteiger partial charge in [0.15, 0.2) is 5.96 Å². The molecule has 0 aliphatic rings. The molecule has 0 amide bonds. The lowest BCUT2D eigenvalue weighted by atomic mass is 10.1. The molecule has 2 N–H and O–H groups in total. The number of hydrogen-bond donors (Lipinski definition) is 2. The second kappa shape index (κ2) is 9.87. The van der Waals surface area contributed by atoms with Gasteiger partial charge < -0.3 is 10.6 Å². The maximum atomic E-state index is 4.74. The molecule has 0 radical (unpaired) electrons. The maximum Gasteiger partial charge on any atom is 0.191 e. The van der Waals surface area contributed by atoms with E-state index in [1.54, 1.807) is 24.0 Å². The number of thiophene rings is 1. The van der Waals surface area contributed by atoms with Gasteiger partial charge in [-0.05, 0) is 46.4 Å². The first-order chi connectivity index (χ1) is 13.2. The largest absolute Gasteiger partial charge is 0.357 e. The van der Waals surface area contributed by atoms with Crippen LogP contribution in [0.4, 0.5) is 0 Å². The van der Waals surface area contributed by atoms with E-state index in [4.69, 9.17) is 4.99 Å². The van der Waals surface area contributed by atoms with Crippen LogP contribution in [-0.4, -0.2) is 33.8 Å². The van der Waals surface area contributed by atoms with Crippen LogP contribution in [0.2, 0.25) is 0 Å². The highest BCUT2D eigenvalue weighted by Gasteiger charge is 2.07. The summed E-state index contributed by atoms with van der Waals surface area (Å²) in [7, 11) is 0. The van der Waals surface area contributed by atoms with E-state index in [0.717, 1.165) is 19.0 Å². The topological polar surface area (TPSA) is 67.1 Å². The smallest absolute Gasteiger partial charge is 0.191 e. The highest BCUT2D eigenvalue weighted by atomic mass is 32.1. The Kier molecular flexibility index (Phi) is 6.98. The predicted octanol–water partition coefficient (Wildman–Crippen LogP) is 3.25. The van der Waals surface area contributed by atoms with Gasteiger partial charge in [-0.25, -0.2) is 14.7 Å². The molecule has 1 aromatic carbocycles. The third-order valence-electron chi connectivity index (χ3n) is 4.25. The van der Waals surface area contributed by atoms with Crippen LogP contribution in [-0.2, 0) is 13.1 Å². The van der Waals surface area contributed by atoms with E-state index in [1.807, 2.05) is 4.68 Å². The zero-order valence-electron chi connectivity index (χ0n) is 15.8. The van der Waals surface area contributed by atoms with Crippen molar-refractivity contribution in [2.45, 2.75) is 32.9 Å². The van der Waals surface area contributed by atoms with Crippen LogP contribution in [0, 0.1) is 0 Å². The molecular formula is C20H26N6S. The zero-order chi connectivity index (χ0) is 18.9. The summed E-state index contributed by atoms with van der Waals surface area (Å²) >= 11 is 1.74. The van der Waals surface area contributed by atoms with Crippen LogP contribution in [0.5, 0.6) is 0 Å². The van der Waals surface area contributed by atoms with E-state index >= 15 is 0 Å². The first kappa shape index (κ1) is 19.1. The molecule has 0 aliphatic heterocycles. The maximum absolute atomic E-state index is 4.74. The van der Waals surface area contributed by atoms with Crippen LogP contribution in [0.15, 0.2) is 58.7 Å². The molecule has 0 fully saturated rings. The Morgan fingerprint density at radius 2 is 2.15 bits per heavy atom. The van der Waals surface area contributed by atoms with E-state index in [2.05, 4.69) is 75.7 Å². The van der Waals surface area contributed by atoms with Gasteiger partial charge in [-0.3, -0.25) is 0 Å². The number of nitrogens with zero attached hydrogens (tertiary/aromatic N) is 4. The highest BCUT2D eigenvalue weighted by Crippen LogP contribution is 2.17. The second-order valence-electron chi connectivity index (χ2n) is 6.45. The average Bonchev–Trinajstić information content (AvgIpc) is 3.38. The first-order valence-electron chi connectivity index (χ1n) is 9.19. The van der Waals surface area contributed by atoms with Crippen molar-refractivity contribution in [3.8, 4) is 0 Å². The number of nitrogens with one attached hydrogen (secondary N) is 2.